The van der Waals surface area contributed by atoms with E-state index in [-0.39, 0.29) is 12.1 Å². The number of hydrogen-bond donors (Lipinski definition) is 0. The lowest BCUT2D eigenvalue weighted by atomic mass is 9.86. The Labute approximate surface area is 256 Å². The second-order valence-corrected chi connectivity index (χ2v) is 12.0. The van der Waals surface area contributed by atoms with Crippen molar-refractivity contribution in [2.24, 2.45) is 0 Å². The number of rotatable bonds is 3. The summed E-state index contributed by atoms with van der Waals surface area (Å²) in [5.74, 6) is 5.27. The first-order valence-electron chi connectivity index (χ1n) is 15.1. The van der Waals surface area contributed by atoms with Crippen LogP contribution in [0.4, 0.5) is 0 Å². The summed E-state index contributed by atoms with van der Waals surface area (Å²) >= 11 is 0. The standard InChI is InChI=1S/C36H34N2O6/c1-37-12-10-23-17-31-32-19-26(23)27(37)15-22-6-9-29(40-2)30(16-22)42-25-7-4-21(5-8-25)14-28-34-24(11-13-38(28)20-39)18-33(41-3)35(43-31)36(34)44-32/h4-9,16-20,27-28H,10-15H2,1-3H3/t27-,28-/m0/s1. The summed E-state index contributed by atoms with van der Waals surface area (Å²) in [5, 5.41) is 0. The Balaban J connectivity index is 1.34. The third kappa shape index (κ3) is 4.35. The van der Waals surface area contributed by atoms with Crippen molar-refractivity contribution < 1.29 is 28.5 Å². The van der Waals surface area contributed by atoms with Gasteiger partial charge in [-0.25, -0.2) is 0 Å². The number of likely N-dealkylation sites (N-methyl/N-ethyl adjacent to an activating group) is 1. The van der Waals surface area contributed by atoms with Gasteiger partial charge in [0.1, 0.15) is 5.75 Å². The van der Waals surface area contributed by atoms with Gasteiger partial charge in [-0.1, -0.05) is 18.2 Å². The Morgan fingerprint density at radius 3 is 2.25 bits per heavy atom. The fraction of sp³-hybridized carbons (Fsp3) is 0.306. The quantitative estimate of drug-likeness (QED) is 0.215. The highest BCUT2D eigenvalue weighted by Gasteiger charge is 2.37. The summed E-state index contributed by atoms with van der Waals surface area (Å²) < 4.78 is 31.3. The van der Waals surface area contributed by atoms with Crippen molar-refractivity contribution in [2.75, 3.05) is 34.4 Å². The number of nitrogens with zero attached hydrogens (tertiary/aromatic N) is 2. The summed E-state index contributed by atoms with van der Waals surface area (Å²) in [6.07, 6.45) is 3.96. The van der Waals surface area contributed by atoms with E-state index in [4.69, 9.17) is 23.7 Å². The molecule has 5 aliphatic heterocycles. The van der Waals surface area contributed by atoms with Gasteiger partial charge in [0, 0.05) is 24.7 Å². The zero-order valence-electron chi connectivity index (χ0n) is 25.1. The van der Waals surface area contributed by atoms with Gasteiger partial charge >= 0.3 is 0 Å². The molecule has 5 heterocycles. The van der Waals surface area contributed by atoms with Crippen LogP contribution in [0.2, 0.25) is 0 Å². The molecule has 0 saturated heterocycles. The molecule has 0 fully saturated rings. The molecule has 8 heteroatoms. The van der Waals surface area contributed by atoms with E-state index in [0.717, 1.165) is 53.8 Å². The summed E-state index contributed by atoms with van der Waals surface area (Å²) in [6, 6.07) is 20.4. The monoisotopic (exact) mass is 590 g/mol. The number of fused-ring (bicyclic) bond motifs is 2. The maximum Gasteiger partial charge on any atom is 0.212 e. The van der Waals surface area contributed by atoms with Crippen molar-refractivity contribution in [1.29, 1.82) is 0 Å². The van der Waals surface area contributed by atoms with Gasteiger partial charge in [-0.05, 0) is 103 Å². The normalized spacial score (nSPS) is 19.7. The maximum atomic E-state index is 12.4. The van der Waals surface area contributed by atoms with Crippen molar-refractivity contribution in [3.05, 3.63) is 94.0 Å². The molecular formula is C36H34N2O6. The Kier molecular flexibility index (Phi) is 6.41. The molecule has 1 amide bonds. The molecule has 7 bridgehead atoms. The van der Waals surface area contributed by atoms with Crippen LogP contribution < -0.4 is 23.7 Å². The van der Waals surface area contributed by atoms with Gasteiger partial charge in [0.25, 0.3) is 0 Å². The number of methoxy groups -OCH3 is 2. The number of carbonyl (C=O) groups is 1. The molecule has 5 aliphatic rings. The first-order valence-corrected chi connectivity index (χ1v) is 15.1. The first-order chi connectivity index (χ1) is 21.5. The molecule has 0 N–H and O–H groups in total. The number of hydrogen-bond acceptors (Lipinski definition) is 7. The molecule has 4 aromatic carbocycles. The molecule has 0 aromatic heterocycles. The number of ether oxygens (including phenoxy) is 5. The highest BCUT2D eigenvalue weighted by molar-refractivity contribution is 5.68. The van der Waals surface area contributed by atoms with Crippen LogP contribution in [-0.4, -0.2) is 50.6 Å². The molecule has 0 unspecified atom stereocenters. The lowest BCUT2D eigenvalue weighted by Gasteiger charge is -2.39. The molecule has 8 nitrogen and oxygen atoms in total. The van der Waals surface area contributed by atoms with Gasteiger partial charge in [0.2, 0.25) is 12.2 Å². The molecule has 9 rings (SSSR count). The minimum absolute atomic E-state index is 0.131. The molecule has 224 valence electrons. The van der Waals surface area contributed by atoms with Crippen LogP contribution in [0, 0.1) is 0 Å². The number of carbonyl (C=O) groups excluding carboxylic acids is 1. The minimum atomic E-state index is -0.236. The van der Waals surface area contributed by atoms with Crippen molar-refractivity contribution in [3.63, 3.8) is 0 Å². The fourth-order valence-corrected chi connectivity index (χ4v) is 7.19. The smallest absolute Gasteiger partial charge is 0.212 e. The van der Waals surface area contributed by atoms with Crippen LogP contribution in [0.15, 0.2) is 60.7 Å². The Hall–Kier alpha value is -4.69. The van der Waals surface area contributed by atoms with E-state index in [1.807, 2.05) is 29.2 Å². The second-order valence-electron chi connectivity index (χ2n) is 12.0. The molecule has 2 atom stereocenters. The molecule has 0 aliphatic carbocycles. The third-order valence-electron chi connectivity index (χ3n) is 9.55. The van der Waals surface area contributed by atoms with Crippen molar-refractivity contribution >= 4 is 6.41 Å². The minimum Gasteiger partial charge on any atom is -0.493 e. The average molecular weight is 591 g/mol. The molecule has 0 saturated carbocycles. The van der Waals surface area contributed by atoms with Crippen molar-refractivity contribution in [1.82, 2.24) is 9.80 Å². The van der Waals surface area contributed by atoms with Crippen molar-refractivity contribution in [3.8, 4) is 46.0 Å². The summed E-state index contributed by atoms with van der Waals surface area (Å²) in [7, 11) is 5.49. The second kappa shape index (κ2) is 10.5. The number of amides is 1. The van der Waals surface area contributed by atoms with Gasteiger partial charge in [0.05, 0.1) is 20.3 Å². The Morgan fingerprint density at radius 2 is 1.45 bits per heavy atom. The highest BCUT2D eigenvalue weighted by Crippen LogP contribution is 2.56. The van der Waals surface area contributed by atoms with Gasteiger partial charge in [-0.15, -0.1) is 0 Å². The summed E-state index contributed by atoms with van der Waals surface area (Å²) in [6.45, 7) is 1.54. The molecule has 44 heavy (non-hydrogen) atoms. The lowest BCUT2D eigenvalue weighted by molar-refractivity contribution is -0.120. The van der Waals surface area contributed by atoms with Crippen molar-refractivity contribution in [2.45, 2.75) is 37.8 Å². The predicted molar refractivity (Wildman–Crippen MR) is 165 cm³/mol. The largest absolute Gasteiger partial charge is 0.493 e. The van der Waals surface area contributed by atoms with Gasteiger partial charge in [-0.3, -0.25) is 9.69 Å². The fourth-order valence-electron chi connectivity index (χ4n) is 7.19. The topological polar surface area (TPSA) is 69.7 Å². The Morgan fingerprint density at radius 1 is 0.727 bits per heavy atom. The molecule has 0 spiro atoms. The molecule has 0 radical (unpaired) electrons. The van der Waals surface area contributed by atoms with Crippen LogP contribution in [-0.2, 0) is 30.5 Å². The zero-order chi connectivity index (χ0) is 29.9. The summed E-state index contributed by atoms with van der Waals surface area (Å²) in [4.78, 5) is 16.7. The van der Waals surface area contributed by atoms with E-state index >= 15 is 0 Å². The van der Waals surface area contributed by atoms with E-state index < -0.39 is 0 Å². The van der Waals surface area contributed by atoms with Crippen LogP contribution in [0.1, 0.15) is 45.5 Å². The van der Waals surface area contributed by atoms with E-state index in [1.165, 1.54) is 11.1 Å². The van der Waals surface area contributed by atoms with Crippen LogP contribution in [0.25, 0.3) is 0 Å². The number of benzene rings is 4. The Bertz CT molecular complexity index is 1790. The van der Waals surface area contributed by atoms with Crippen LogP contribution in [0.5, 0.6) is 46.0 Å². The highest BCUT2D eigenvalue weighted by atomic mass is 16.6. The predicted octanol–water partition coefficient (Wildman–Crippen LogP) is 6.78. The SMILES string of the molecule is COc1ccc2cc1Oc1ccc(cc1)C[C@H]1c3c(cc(OC)c4c3Oc3cc5c(cc3O4)CCN(C)[C@H]5C2)CCN1C=O. The van der Waals surface area contributed by atoms with Crippen LogP contribution >= 0.6 is 0 Å². The average Bonchev–Trinajstić information content (AvgIpc) is 3.04. The van der Waals surface area contributed by atoms with E-state index in [1.54, 1.807) is 14.2 Å². The maximum absolute atomic E-state index is 12.4. The first kappa shape index (κ1) is 26.9. The van der Waals surface area contributed by atoms with E-state index in [2.05, 4.69) is 48.3 Å². The van der Waals surface area contributed by atoms with Gasteiger partial charge in [-0.2, -0.15) is 0 Å². The van der Waals surface area contributed by atoms with Gasteiger partial charge in [0.15, 0.2) is 34.5 Å². The molecular weight excluding hydrogens is 556 g/mol. The van der Waals surface area contributed by atoms with Gasteiger partial charge < -0.3 is 28.6 Å². The zero-order valence-corrected chi connectivity index (χ0v) is 25.1. The van der Waals surface area contributed by atoms with Crippen LogP contribution in [0.3, 0.4) is 0 Å². The summed E-state index contributed by atoms with van der Waals surface area (Å²) in [5.41, 5.74) is 6.77. The molecule has 4 aromatic rings. The third-order valence-corrected chi connectivity index (χ3v) is 9.55. The van der Waals surface area contributed by atoms with E-state index in [9.17, 15) is 4.79 Å². The van der Waals surface area contributed by atoms with E-state index in [0.29, 0.717) is 59.6 Å². The lowest BCUT2D eigenvalue weighted by Crippen LogP contribution is -2.36.